The second-order valence-corrected chi connectivity index (χ2v) is 0.519. The van der Waals surface area contributed by atoms with Gasteiger partial charge in [0, 0.05) is 26.4 Å². The predicted molar refractivity (Wildman–Crippen MR) is 34.8 cm³/mol. The summed E-state index contributed by atoms with van der Waals surface area (Å²) in [6, 6.07) is 0. The van der Waals surface area contributed by atoms with Gasteiger partial charge in [-0.15, -0.1) is 0 Å². The Morgan fingerprint density at radius 2 is 1.25 bits per heavy atom. The SMILES string of the molecule is CC(=O)O.[NaH].[NaH].[NaH].[Zn]. The number of hydrogen-bond donors (Lipinski definition) is 1. The van der Waals surface area contributed by atoms with Gasteiger partial charge in [-0.1, -0.05) is 0 Å². The molecular formula is C2H7Na3O2Zn. The predicted octanol–water partition coefficient (Wildman–Crippen LogP) is -1.86. The van der Waals surface area contributed by atoms with Crippen molar-refractivity contribution >= 4 is 94.6 Å². The van der Waals surface area contributed by atoms with Crippen molar-refractivity contribution < 1.29 is 29.4 Å². The van der Waals surface area contributed by atoms with Gasteiger partial charge in [0.15, 0.2) is 0 Å². The summed E-state index contributed by atoms with van der Waals surface area (Å²) in [5.41, 5.74) is 0. The van der Waals surface area contributed by atoms with E-state index in [-0.39, 0.29) is 108 Å². The molecule has 2 nitrogen and oxygen atoms in total. The first kappa shape index (κ1) is 30.4. The number of rotatable bonds is 0. The van der Waals surface area contributed by atoms with E-state index in [2.05, 4.69) is 0 Å². The van der Waals surface area contributed by atoms with Gasteiger partial charge in [-0.2, -0.15) is 0 Å². The molecular weight excluding hydrogens is 190 g/mol. The molecule has 0 radical (unpaired) electrons. The van der Waals surface area contributed by atoms with Crippen LogP contribution in [0.4, 0.5) is 0 Å². The minimum absolute atomic E-state index is 0. The van der Waals surface area contributed by atoms with Crippen molar-refractivity contribution in [2.75, 3.05) is 0 Å². The molecule has 0 aliphatic heterocycles. The van der Waals surface area contributed by atoms with Crippen LogP contribution in [0.1, 0.15) is 6.92 Å². The van der Waals surface area contributed by atoms with Gasteiger partial charge in [0.2, 0.25) is 0 Å². The Kier molecular flexibility index (Phi) is 85.5. The molecule has 0 fully saturated rings. The van der Waals surface area contributed by atoms with Crippen LogP contribution in [0.25, 0.3) is 0 Å². The maximum Gasteiger partial charge on any atom is 0 e. The van der Waals surface area contributed by atoms with Crippen LogP contribution in [-0.4, -0.2) is 99.7 Å². The van der Waals surface area contributed by atoms with Crippen LogP contribution in [0.15, 0.2) is 0 Å². The van der Waals surface area contributed by atoms with E-state index in [0.717, 1.165) is 6.92 Å². The summed E-state index contributed by atoms with van der Waals surface area (Å²) in [4.78, 5) is 9.00. The fraction of sp³-hybridized carbons (Fsp3) is 0.500. The average molecular weight is 197 g/mol. The molecule has 0 amide bonds. The quantitative estimate of drug-likeness (QED) is 0.463. The Labute approximate surface area is 128 Å². The van der Waals surface area contributed by atoms with Gasteiger partial charge in [0.05, 0.1) is 0 Å². The Hall–Kier alpha value is 3.09. The van der Waals surface area contributed by atoms with Crippen molar-refractivity contribution in [2.24, 2.45) is 0 Å². The van der Waals surface area contributed by atoms with E-state index in [1.54, 1.807) is 0 Å². The Morgan fingerprint density at radius 3 is 1.25 bits per heavy atom. The van der Waals surface area contributed by atoms with Crippen LogP contribution in [0.2, 0.25) is 0 Å². The summed E-state index contributed by atoms with van der Waals surface area (Å²) >= 11 is 0. The molecule has 6 heteroatoms. The summed E-state index contributed by atoms with van der Waals surface area (Å²) < 4.78 is 0. The van der Waals surface area contributed by atoms with Crippen LogP contribution in [0, 0.1) is 0 Å². The molecule has 0 saturated carbocycles. The molecule has 0 spiro atoms. The van der Waals surface area contributed by atoms with Crippen LogP contribution >= 0.6 is 0 Å². The maximum absolute atomic E-state index is 9.00. The first-order valence-electron chi connectivity index (χ1n) is 0.928. The third kappa shape index (κ3) is 62.2. The fourth-order valence-corrected chi connectivity index (χ4v) is 0. The van der Waals surface area contributed by atoms with Crippen molar-refractivity contribution in [1.82, 2.24) is 0 Å². The Bertz CT molecular complexity index is 38.3. The van der Waals surface area contributed by atoms with Gasteiger partial charge in [-0.25, -0.2) is 0 Å². The molecule has 0 aliphatic rings. The van der Waals surface area contributed by atoms with Crippen molar-refractivity contribution in [2.45, 2.75) is 6.92 Å². The van der Waals surface area contributed by atoms with E-state index in [9.17, 15) is 0 Å². The molecule has 0 unspecified atom stereocenters. The molecule has 0 aromatic carbocycles. The third-order valence-electron chi connectivity index (χ3n) is 0. The summed E-state index contributed by atoms with van der Waals surface area (Å²) in [5, 5.41) is 7.42. The van der Waals surface area contributed by atoms with Gasteiger partial charge in [0.1, 0.15) is 0 Å². The summed E-state index contributed by atoms with van der Waals surface area (Å²) in [6.45, 7) is 1.08. The minimum Gasteiger partial charge on any atom is 0 e. The monoisotopic (exact) mass is 196 g/mol. The molecule has 8 heavy (non-hydrogen) atoms. The van der Waals surface area contributed by atoms with E-state index in [4.69, 9.17) is 9.90 Å². The minimum atomic E-state index is -0.833. The van der Waals surface area contributed by atoms with Crippen molar-refractivity contribution in [3.05, 3.63) is 0 Å². The van der Waals surface area contributed by atoms with Gasteiger partial charge >= 0.3 is 88.7 Å². The summed E-state index contributed by atoms with van der Waals surface area (Å²) in [5.74, 6) is -0.833. The van der Waals surface area contributed by atoms with Crippen LogP contribution < -0.4 is 0 Å². The molecule has 0 atom stereocenters. The smallest absolute Gasteiger partial charge is 0 e. The van der Waals surface area contributed by atoms with Crippen molar-refractivity contribution in [3.8, 4) is 0 Å². The molecule has 1 N–H and O–H groups in total. The standard InChI is InChI=1S/C2H4O2.3Na.Zn.3H/c1-2(3)4;;;;;;;/h1H3,(H,3,4);;;;;;;. The number of hydrogen-bond acceptors (Lipinski definition) is 1. The van der Waals surface area contributed by atoms with Gasteiger partial charge in [0.25, 0.3) is 5.97 Å². The second kappa shape index (κ2) is 22.5. The molecule has 0 heterocycles. The number of carboxylic acids is 1. The zero-order chi connectivity index (χ0) is 3.58. The van der Waals surface area contributed by atoms with E-state index < -0.39 is 5.97 Å². The largest absolute Gasteiger partial charge is 0 e. The van der Waals surface area contributed by atoms with E-state index >= 15 is 0 Å². The van der Waals surface area contributed by atoms with Gasteiger partial charge < -0.3 is 5.11 Å². The molecule has 0 saturated heterocycles. The number of carbonyl (C=O) groups is 1. The first-order valence-corrected chi connectivity index (χ1v) is 0.928. The zero-order valence-electron chi connectivity index (χ0n) is 3.06. The van der Waals surface area contributed by atoms with Crippen LogP contribution in [0.3, 0.4) is 0 Å². The third-order valence-corrected chi connectivity index (χ3v) is 0. The Balaban J connectivity index is -0.00000000750. The van der Waals surface area contributed by atoms with Crippen LogP contribution in [0.5, 0.6) is 0 Å². The molecule has 32 valence electrons. The first-order chi connectivity index (χ1) is 1.73. The second-order valence-electron chi connectivity index (χ2n) is 0.519. The molecule has 0 bridgehead atoms. The van der Waals surface area contributed by atoms with Gasteiger partial charge in [-0.05, 0) is 0 Å². The summed E-state index contributed by atoms with van der Waals surface area (Å²) in [7, 11) is 0. The van der Waals surface area contributed by atoms with Crippen molar-refractivity contribution in [3.63, 3.8) is 0 Å². The topological polar surface area (TPSA) is 37.3 Å². The molecule has 0 aromatic rings. The van der Waals surface area contributed by atoms with E-state index in [1.165, 1.54) is 0 Å². The number of carboxylic acid groups (broad SMARTS) is 1. The zero-order valence-corrected chi connectivity index (χ0v) is 6.03. The van der Waals surface area contributed by atoms with E-state index in [1.807, 2.05) is 0 Å². The number of aliphatic carboxylic acids is 1. The fourth-order valence-electron chi connectivity index (χ4n) is 0. The molecule has 0 rings (SSSR count). The molecule has 0 aliphatic carbocycles. The average Bonchev–Trinajstić information content (AvgIpc) is 0.811. The Morgan fingerprint density at radius 1 is 1.25 bits per heavy atom. The summed E-state index contributed by atoms with van der Waals surface area (Å²) in [6.07, 6.45) is 0. The molecule has 0 aromatic heterocycles. The van der Waals surface area contributed by atoms with Gasteiger partial charge in [-0.3, -0.25) is 4.79 Å². The normalized spacial score (nSPS) is 3.12. The van der Waals surface area contributed by atoms with Crippen LogP contribution in [-0.2, 0) is 24.3 Å². The van der Waals surface area contributed by atoms with Crippen molar-refractivity contribution in [1.29, 1.82) is 0 Å². The van der Waals surface area contributed by atoms with E-state index in [0.29, 0.717) is 0 Å². The maximum atomic E-state index is 9.00.